The van der Waals surface area contributed by atoms with Crippen molar-refractivity contribution in [2.45, 2.75) is 33.1 Å². The van der Waals surface area contributed by atoms with Gasteiger partial charge in [-0.2, -0.15) is 15.0 Å². The van der Waals surface area contributed by atoms with Gasteiger partial charge in [0.25, 0.3) is 0 Å². The molecule has 0 aliphatic heterocycles. The van der Waals surface area contributed by atoms with Crippen molar-refractivity contribution in [1.82, 2.24) is 15.0 Å². The van der Waals surface area contributed by atoms with Crippen LogP contribution >= 0.6 is 0 Å². The molecule has 0 fully saturated rings. The van der Waals surface area contributed by atoms with Gasteiger partial charge in [0, 0.05) is 13.2 Å². The molecule has 114 valence electrons. The van der Waals surface area contributed by atoms with E-state index in [0.29, 0.717) is 25.0 Å². The van der Waals surface area contributed by atoms with Crippen LogP contribution in [0.4, 0.5) is 11.9 Å². The number of rotatable bonds is 10. The molecular weight excluding hydrogens is 260 g/mol. The molecule has 20 heavy (non-hydrogen) atoms. The van der Waals surface area contributed by atoms with Crippen LogP contribution in [0.15, 0.2) is 0 Å². The molecule has 0 aromatic carbocycles. The molecule has 0 spiro atoms. The Balaban J connectivity index is 2.67. The van der Waals surface area contributed by atoms with Crippen molar-refractivity contribution in [2.75, 3.05) is 30.5 Å². The van der Waals surface area contributed by atoms with Gasteiger partial charge in [0.15, 0.2) is 0 Å². The van der Waals surface area contributed by atoms with Crippen LogP contribution in [0.1, 0.15) is 33.1 Å². The van der Waals surface area contributed by atoms with Crippen LogP contribution in [-0.4, -0.2) is 39.8 Å². The summed E-state index contributed by atoms with van der Waals surface area (Å²) in [5.41, 5.74) is 2.38. The van der Waals surface area contributed by atoms with Gasteiger partial charge < -0.3 is 15.2 Å². The first-order valence-electron chi connectivity index (χ1n) is 6.93. The van der Waals surface area contributed by atoms with Gasteiger partial charge in [-0.3, -0.25) is 5.43 Å². The third-order valence-electron chi connectivity index (χ3n) is 2.80. The summed E-state index contributed by atoms with van der Waals surface area (Å²) in [5.74, 6) is 6.36. The Bertz CT molecular complexity index is 384. The fourth-order valence-corrected chi connectivity index (χ4v) is 1.87. The van der Waals surface area contributed by atoms with Crippen molar-refractivity contribution in [1.29, 1.82) is 0 Å². The maximum Gasteiger partial charge on any atom is 0.323 e. The zero-order chi connectivity index (χ0) is 14.8. The Kier molecular flexibility index (Phi) is 7.59. The van der Waals surface area contributed by atoms with Crippen LogP contribution < -0.4 is 21.3 Å². The van der Waals surface area contributed by atoms with E-state index in [1.54, 1.807) is 0 Å². The van der Waals surface area contributed by atoms with Crippen molar-refractivity contribution in [3.63, 3.8) is 0 Å². The number of nitrogen functional groups attached to an aromatic ring is 1. The first kappa shape index (κ1) is 16.4. The minimum Gasteiger partial charge on any atom is -0.464 e. The van der Waals surface area contributed by atoms with E-state index >= 15 is 0 Å². The summed E-state index contributed by atoms with van der Waals surface area (Å²) >= 11 is 0. The molecule has 0 saturated heterocycles. The summed E-state index contributed by atoms with van der Waals surface area (Å²) in [6.07, 6.45) is 2.87. The van der Waals surface area contributed by atoms with E-state index in [1.807, 2.05) is 6.92 Å². The number of nitrogens with one attached hydrogen (secondary N) is 2. The molecule has 5 N–H and O–H groups in total. The number of hydrazine groups is 1. The molecule has 0 aliphatic carbocycles. The summed E-state index contributed by atoms with van der Waals surface area (Å²) < 4.78 is 5.25. The van der Waals surface area contributed by atoms with Gasteiger partial charge in [0.05, 0.1) is 6.61 Å². The first-order valence-corrected chi connectivity index (χ1v) is 6.93. The molecule has 8 nitrogen and oxygen atoms in total. The average molecular weight is 284 g/mol. The zero-order valence-corrected chi connectivity index (χ0v) is 12.1. The third kappa shape index (κ3) is 5.54. The van der Waals surface area contributed by atoms with Gasteiger partial charge in [-0.05, 0) is 25.7 Å². The SMILES string of the molecule is CCCC(CCO)CNc1nc(NN)nc(OCC)n1. The summed E-state index contributed by atoms with van der Waals surface area (Å²) in [7, 11) is 0. The van der Waals surface area contributed by atoms with E-state index in [0.717, 1.165) is 19.3 Å². The number of aromatic nitrogens is 3. The topological polar surface area (TPSA) is 118 Å². The Hall–Kier alpha value is -1.67. The molecule has 0 bridgehead atoms. The van der Waals surface area contributed by atoms with Crippen molar-refractivity contribution in [3.8, 4) is 6.01 Å². The van der Waals surface area contributed by atoms with Gasteiger partial charge in [0.1, 0.15) is 0 Å². The lowest BCUT2D eigenvalue weighted by molar-refractivity contribution is 0.255. The van der Waals surface area contributed by atoms with Crippen LogP contribution in [-0.2, 0) is 0 Å². The van der Waals surface area contributed by atoms with Crippen LogP contribution in [0.5, 0.6) is 6.01 Å². The summed E-state index contributed by atoms with van der Waals surface area (Å²) in [6.45, 7) is 5.32. The van der Waals surface area contributed by atoms with E-state index < -0.39 is 0 Å². The first-order chi connectivity index (χ1) is 9.73. The predicted molar refractivity (Wildman–Crippen MR) is 77.4 cm³/mol. The number of nitrogens with zero attached hydrogens (tertiary/aromatic N) is 3. The molecule has 1 atom stereocenters. The Morgan fingerprint density at radius 2 is 1.95 bits per heavy atom. The summed E-state index contributed by atoms with van der Waals surface area (Å²) in [4.78, 5) is 12.2. The average Bonchev–Trinajstić information content (AvgIpc) is 2.45. The van der Waals surface area contributed by atoms with Gasteiger partial charge >= 0.3 is 6.01 Å². The predicted octanol–water partition coefficient (Wildman–Crippen LogP) is 0.766. The van der Waals surface area contributed by atoms with E-state index in [4.69, 9.17) is 15.7 Å². The van der Waals surface area contributed by atoms with E-state index in [2.05, 4.69) is 32.6 Å². The maximum absolute atomic E-state index is 9.04. The van der Waals surface area contributed by atoms with Crippen molar-refractivity contribution < 1.29 is 9.84 Å². The molecule has 0 saturated carbocycles. The third-order valence-corrected chi connectivity index (χ3v) is 2.80. The number of hydrogen-bond donors (Lipinski definition) is 4. The number of aliphatic hydroxyl groups is 1. The van der Waals surface area contributed by atoms with E-state index in [1.165, 1.54) is 0 Å². The molecule has 8 heteroatoms. The fraction of sp³-hybridized carbons (Fsp3) is 0.750. The quantitative estimate of drug-likeness (QED) is 0.367. The Morgan fingerprint density at radius 3 is 2.55 bits per heavy atom. The molecular formula is C12H24N6O2. The van der Waals surface area contributed by atoms with Crippen LogP contribution in [0.3, 0.4) is 0 Å². The lowest BCUT2D eigenvalue weighted by Crippen LogP contribution is -2.19. The smallest absolute Gasteiger partial charge is 0.323 e. The highest BCUT2D eigenvalue weighted by Gasteiger charge is 2.10. The monoisotopic (exact) mass is 284 g/mol. The zero-order valence-electron chi connectivity index (χ0n) is 12.1. The molecule has 0 radical (unpaired) electrons. The minimum atomic E-state index is 0.184. The molecule has 1 rings (SSSR count). The number of ether oxygens (including phenoxy) is 1. The highest BCUT2D eigenvalue weighted by Crippen LogP contribution is 2.14. The number of hydrogen-bond acceptors (Lipinski definition) is 8. The highest BCUT2D eigenvalue weighted by molar-refractivity contribution is 5.34. The molecule has 1 aromatic heterocycles. The Labute approximate surface area is 119 Å². The summed E-state index contributed by atoms with van der Waals surface area (Å²) in [6, 6.07) is 0.229. The van der Waals surface area contributed by atoms with Gasteiger partial charge in [-0.25, -0.2) is 5.84 Å². The molecule has 0 aliphatic rings. The van der Waals surface area contributed by atoms with E-state index in [9.17, 15) is 0 Å². The Morgan fingerprint density at radius 1 is 1.20 bits per heavy atom. The number of anilines is 2. The summed E-state index contributed by atoms with van der Waals surface area (Å²) in [5, 5.41) is 12.2. The second-order valence-corrected chi connectivity index (χ2v) is 4.39. The van der Waals surface area contributed by atoms with Crippen LogP contribution in [0, 0.1) is 5.92 Å². The van der Waals surface area contributed by atoms with Crippen LogP contribution in [0.25, 0.3) is 0 Å². The lowest BCUT2D eigenvalue weighted by Gasteiger charge is -2.16. The highest BCUT2D eigenvalue weighted by atomic mass is 16.5. The normalized spacial score (nSPS) is 12.0. The molecule has 1 unspecified atom stereocenters. The largest absolute Gasteiger partial charge is 0.464 e. The standard InChI is InChI=1S/C12H24N6O2/c1-3-5-9(6-7-19)8-14-10-15-11(18-13)17-12(16-10)20-4-2/h9,19H,3-8,13H2,1-2H3,(H2,14,15,16,17,18). The minimum absolute atomic E-state index is 0.184. The van der Waals surface area contributed by atoms with Gasteiger partial charge in [-0.1, -0.05) is 13.3 Å². The van der Waals surface area contributed by atoms with Crippen molar-refractivity contribution >= 4 is 11.9 Å². The lowest BCUT2D eigenvalue weighted by atomic mass is 10.0. The molecule has 1 aromatic rings. The van der Waals surface area contributed by atoms with Crippen LogP contribution in [0.2, 0.25) is 0 Å². The van der Waals surface area contributed by atoms with E-state index in [-0.39, 0.29) is 18.6 Å². The second-order valence-electron chi connectivity index (χ2n) is 4.39. The number of nitrogens with two attached hydrogens (primary N) is 1. The maximum atomic E-state index is 9.04. The molecule has 1 heterocycles. The van der Waals surface area contributed by atoms with Crippen molar-refractivity contribution in [2.24, 2.45) is 11.8 Å². The van der Waals surface area contributed by atoms with Crippen molar-refractivity contribution in [3.05, 3.63) is 0 Å². The van der Waals surface area contributed by atoms with Gasteiger partial charge in [-0.15, -0.1) is 0 Å². The van der Waals surface area contributed by atoms with Gasteiger partial charge in [0.2, 0.25) is 11.9 Å². The fourth-order valence-electron chi connectivity index (χ4n) is 1.87. The number of aliphatic hydroxyl groups excluding tert-OH is 1. The second kappa shape index (κ2) is 9.27. The molecule has 0 amide bonds.